The Morgan fingerprint density at radius 3 is 1.89 bits per heavy atom. The van der Waals surface area contributed by atoms with Gasteiger partial charge in [0, 0.05) is 6.42 Å². The van der Waals surface area contributed by atoms with Crippen molar-refractivity contribution in [3.63, 3.8) is 0 Å². The molecule has 0 amide bonds. The van der Waals surface area contributed by atoms with E-state index in [0.717, 1.165) is 18.4 Å². The zero-order chi connectivity index (χ0) is 19.7. The molecule has 1 rings (SSSR count). The second-order valence-corrected chi connectivity index (χ2v) is 6.79. The van der Waals surface area contributed by atoms with Crippen molar-refractivity contribution in [2.45, 2.75) is 77.6 Å². The molecular formula is C22H33FO4. The fraction of sp³-hybridized carbons (Fsp3) is 0.636. The molecule has 0 fully saturated rings. The molecule has 0 spiro atoms. The zero-order valence-corrected chi connectivity index (χ0v) is 16.5. The number of esters is 2. The molecule has 0 saturated carbocycles. The average molecular weight is 381 g/mol. The number of benzene rings is 1. The second kappa shape index (κ2) is 15.2. The largest absolute Gasteiger partial charge is 0.466 e. The Labute approximate surface area is 162 Å². The number of unbranched alkanes of at least 4 members (excludes halogenated alkanes) is 7. The van der Waals surface area contributed by atoms with E-state index in [1.807, 2.05) is 0 Å². The molecule has 0 radical (unpaired) electrons. The molecule has 1 aromatic carbocycles. The molecule has 0 aliphatic rings. The molecule has 0 bridgehead atoms. The van der Waals surface area contributed by atoms with E-state index in [9.17, 15) is 14.0 Å². The van der Waals surface area contributed by atoms with Crippen molar-refractivity contribution in [1.82, 2.24) is 0 Å². The van der Waals surface area contributed by atoms with Gasteiger partial charge in [0.25, 0.3) is 0 Å². The van der Waals surface area contributed by atoms with Crippen LogP contribution in [0.4, 0.5) is 4.39 Å². The second-order valence-electron chi connectivity index (χ2n) is 6.79. The van der Waals surface area contributed by atoms with E-state index < -0.39 is 5.97 Å². The van der Waals surface area contributed by atoms with Gasteiger partial charge in [-0.25, -0.2) is 4.39 Å². The lowest BCUT2D eigenvalue weighted by molar-refractivity contribution is -0.150. The lowest BCUT2D eigenvalue weighted by Gasteiger charge is -2.06. The standard InChI is InChI=1S/C22H33FO4/c1-2-3-4-5-6-7-8-9-17-26-21(24)14-15-22(25)27-18-16-19-10-12-20(23)13-11-19/h10-13H,2-9,14-18H2,1H3. The van der Waals surface area contributed by atoms with Gasteiger partial charge in [0.15, 0.2) is 0 Å². The number of rotatable bonds is 15. The zero-order valence-electron chi connectivity index (χ0n) is 16.5. The van der Waals surface area contributed by atoms with Crippen LogP contribution in [0.3, 0.4) is 0 Å². The van der Waals surface area contributed by atoms with Crippen molar-refractivity contribution in [3.8, 4) is 0 Å². The predicted octanol–water partition coefficient (Wildman–Crippen LogP) is 5.38. The highest BCUT2D eigenvalue weighted by atomic mass is 19.1. The van der Waals surface area contributed by atoms with Crippen LogP contribution < -0.4 is 0 Å². The summed E-state index contributed by atoms with van der Waals surface area (Å²) in [6.45, 7) is 2.85. The highest BCUT2D eigenvalue weighted by Gasteiger charge is 2.09. The van der Waals surface area contributed by atoms with Gasteiger partial charge in [0.05, 0.1) is 26.1 Å². The van der Waals surface area contributed by atoms with Crippen LogP contribution >= 0.6 is 0 Å². The first-order valence-corrected chi connectivity index (χ1v) is 10.2. The van der Waals surface area contributed by atoms with Gasteiger partial charge in [0.2, 0.25) is 0 Å². The summed E-state index contributed by atoms with van der Waals surface area (Å²) in [5, 5.41) is 0. The lowest BCUT2D eigenvalue weighted by atomic mass is 10.1. The third kappa shape index (κ3) is 13.0. The van der Waals surface area contributed by atoms with Crippen molar-refractivity contribution in [3.05, 3.63) is 35.6 Å². The van der Waals surface area contributed by atoms with Gasteiger partial charge in [-0.15, -0.1) is 0 Å². The SMILES string of the molecule is CCCCCCCCCCOC(=O)CCC(=O)OCCc1ccc(F)cc1. The fourth-order valence-electron chi connectivity index (χ4n) is 2.70. The van der Waals surface area contributed by atoms with E-state index in [4.69, 9.17) is 9.47 Å². The van der Waals surface area contributed by atoms with E-state index in [1.54, 1.807) is 12.1 Å². The van der Waals surface area contributed by atoms with E-state index in [0.29, 0.717) is 13.0 Å². The van der Waals surface area contributed by atoms with Gasteiger partial charge in [-0.05, 0) is 24.1 Å². The predicted molar refractivity (Wildman–Crippen MR) is 104 cm³/mol. The maximum atomic E-state index is 12.8. The molecule has 0 atom stereocenters. The molecule has 1 aromatic rings. The summed E-state index contributed by atoms with van der Waals surface area (Å²) in [5.74, 6) is -1.06. The molecule has 0 N–H and O–H groups in total. The normalized spacial score (nSPS) is 10.6. The van der Waals surface area contributed by atoms with Crippen molar-refractivity contribution >= 4 is 11.9 Å². The Kier molecular flexibility index (Phi) is 13.0. The molecule has 0 aliphatic heterocycles. The third-order valence-corrected chi connectivity index (χ3v) is 4.36. The highest BCUT2D eigenvalue weighted by Crippen LogP contribution is 2.09. The van der Waals surface area contributed by atoms with Crippen LogP contribution in [-0.4, -0.2) is 25.2 Å². The Hall–Kier alpha value is -1.91. The van der Waals surface area contributed by atoms with E-state index in [1.165, 1.54) is 50.7 Å². The van der Waals surface area contributed by atoms with Crippen LogP contribution in [0.1, 0.15) is 76.7 Å². The van der Waals surface area contributed by atoms with Gasteiger partial charge in [-0.1, -0.05) is 64.0 Å². The van der Waals surface area contributed by atoms with Crippen LogP contribution in [0.5, 0.6) is 0 Å². The van der Waals surface area contributed by atoms with Crippen molar-refractivity contribution in [2.75, 3.05) is 13.2 Å². The van der Waals surface area contributed by atoms with E-state index in [-0.39, 0.29) is 31.2 Å². The molecule has 0 unspecified atom stereocenters. The lowest BCUT2D eigenvalue weighted by Crippen LogP contribution is -2.12. The molecule has 5 heteroatoms. The summed E-state index contributed by atoms with van der Waals surface area (Å²) in [6.07, 6.45) is 10.2. The number of ether oxygens (including phenoxy) is 2. The molecule has 0 aliphatic carbocycles. The van der Waals surface area contributed by atoms with Gasteiger partial charge >= 0.3 is 11.9 Å². The van der Waals surface area contributed by atoms with Crippen molar-refractivity contribution in [1.29, 1.82) is 0 Å². The first-order valence-electron chi connectivity index (χ1n) is 10.2. The fourth-order valence-corrected chi connectivity index (χ4v) is 2.70. The molecule has 27 heavy (non-hydrogen) atoms. The minimum Gasteiger partial charge on any atom is -0.466 e. The Bertz CT molecular complexity index is 528. The Morgan fingerprint density at radius 2 is 1.30 bits per heavy atom. The van der Waals surface area contributed by atoms with Crippen molar-refractivity contribution in [2.24, 2.45) is 0 Å². The molecule has 4 nitrogen and oxygen atoms in total. The summed E-state index contributed by atoms with van der Waals surface area (Å²) in [4.78, 5) is 23.2. The van der Waals surface area contributed by atoms with Crippen molar-refractivity contribution < 1.29 is 23.5 Å². The molecule has 152 valence electrons. The maximum absolute atomic E-state index is 12.8. The molecule has 0 aromatic heterocycles. The number of halogens is 1. The van der Waals surface area contributed by atoms with Gasteiger partial charge in [0.1, 0.15) is 5.82 Å². The Balaban J connectivity index is 1.94. The molecule has 0 heterocycles. The highest BCUT2D eigenvalue weighted by molar-refractivity contribution is 5.77. The van der Waals surface area contributed by atoms with Crippen LogP contribution in [0.2, 0.25) is 0 Å². The number of carbonyl (C=O) groups excluding carboxylic acids is 2. The van der Waals surface area contributed by atoms with Crippen LogP contribution in [0.25, 0.3) is 0 Å². The molecular weight excluding hydrogens is 347 g/mol. The van der Waals surface area contributed by atoms with Gasteiger partial charge in [-0.3, -0.25) is 9.59 Å². The van der Waals surface area contributed by atoms with Crippen LogP contribution in [-0.2, 0) is 25.5 Å². The average Bonchev–Trinajstić information content (AvgIpc) is 2.66. The summed E-state index contributed by atoms with van der Waals surface area (Å²) in [6, 6.07) is 6.07. The third-order valence-electron chi connectivity index (χ3n) is 4.36. The van der Waals surface area contributed by atoms with Crippen LogP contribution in [0.15, 0.2) is 24.3 Å². The Morgan fingerprint density at radius 1 is 0.778 bits per heavy atom. The quantitative estimate of drug-likeness (QED) is 0.303. The minimum atomic E-state index is -0.416. The maximum Gasteiger partial charge on any atom is 0.306 e. The first kappa shape index (κ1) is 23.1. The number of carbonyl (C=O) groups is 2. The topological polar surface area (TPSA) is 52.6 Å². The minimum absolute atomic E-state index is 0.0275. The summed E-state index contributed by atoms with van der Waals surface area (Å²) in [7, 11) is 0. The number of hydrogen-bond acceptors (Lipinski definition) is 4. The van der Waals surface area contributed by atoms with Gasteiger partial charge in [-0.2, -0.15) is 0 Å². The summed E-state index contributed by atoms with van der Waals surface area (Å²) < 4.78 is 23.0. The van der Waals surface area contributed by atoms with E-state index in [2.05, 4.69) is 6.92 Å². The first-order chi connectivity index (χ1) is 13.1. The van der Waals surface area contributed by atoms with Gasteiger partial charge < -0.3 is 9.47 Å². The van der Waals surface area contributed by atoms with E-state index >= 15 is 0 Å². The number of hydrogen-bond donors (Lipinski definition) is 0. The van der Waals surface area contributed by atoms with Crippen LogP contribution in [0, 0.1) is 5.82 Å². The summed E-state index contributed by atoms with van der Waals surface area (Å²) in [5.41, 5.74) is 0.897. The smallest absolute Gasteiger partial charge is 0.306 e. The summed E-state index contributed by atoms with van der Waals surface area (Å²) >= 11 is 0. The molecule has 0 saturated heterocycles. The monoisotopic (exact) mass is 380 g/mol.